The van der Waals surface area contributed by atoms with Crippen LogP contribution in [-0.2, 0) is 13.0 Å². The van der Waals surface area contributed by atoms with E-state index in [4.69, 9.17) is 9.26 Å². The number of ether oxygens (including phenoxy) is 1. The van der Waals surface area contributed by atoms with Crippen molar-refractivity contribution in [1.29, 1.82) is 0 Å². The van der Waals surface area contributed by atoms with E-state index in [1.165, 1.54) is 5.56 Å². The molecule has 0 aliphatic carbocycles. The summed E-state index contributed by atoms with van der Waals surface area (Å²) in [6, 6.07) is 8.18. The van der Waals surface area contributed by atoms with Crippen molar-refractivity contribution < 1.29 is 9.26 Å². The van der Waals surface area contributed by atoms with Gasteiger partial charge in [0.2, 0.25) is 5.89 Å². The average molecular weight is 363 g/mol. The summed E-state index contributed by atoms with van der Waals surface area (Å²) in [5, 5.41) is 4.13. The molecule has 0 saturated carbocycles. The summed E-state index contributed by atoms with van der Waals surface area (Å²) in [7, 11) is 0. The van der Waals surface area contributed by atoms with Crippen LogP contribution in [-0.4, -0.2) is 33.2 Å². The molecule has 0 radical (unpaired) electrons. The zero-order valence-corrected chi connectivity index (χ0v) is 15.3. The lowest BCUT2D eigenvalue weighted by Gasteiger charge is -2.33. The molecule has 2 aliphatic heterocycles. The Morgan fingerprint density at radius 1 is 1.19 bits per heavy atom. The molecule has 138 valence electrons. The van der Waals surface area contributed by atoms with Gasteiger partial charge in [-0.1, -0.05) is 23.4 Å². The first-order valence-corrected chi connectivity index (χ1v) is 9.36. The largest absolute Gasteiger partial charge is 0.487 e. The summed E-state index contributed by atoms with van der Waals surface area (Å²) in [5.41, 5.74) is 3.30. The van der Waals surface area contributed by atoms with Gasteiger partial charge in [-0.05, 0) is 24.5 Å². The van der Waals surface area contributed by atoms with Gasteiger partial charge in [-0.25, -0.2) is 9.97 Å². The Labute approximate surface area is 157 Å². The number of rotatable bonds is 2. The molecule has 2 aromatic heterocycles. The van der Waals surface area contributed by atoms with Crippen LogP contribution in [0.1, 0.15) is 47.3 Å². The molecule has 2 aliphatic rings. The second-order valence-corrected chi connectivity index (χ2v) is 7.15. The first-order chi connectivity index (χ1) is 13.3. The van der Waals surface area contributed by atoms with E-state index in [-0.39, 0.29) is 5.92 Å². The van der Waals surface area contributed by atoms with E-state index in [0.29, 0.717) is 12.5 Å². The second-order valence-electron chi connectivity index (χ2n) is 7.15. The Hall–Kier alpha value is -2.96. The maximum absolute atomic E-state index is 5.97. The highest BCUT2D eigenvalue weighted by Crippen LogP contribution is 2.34. The highest BCUT2D eigenvalue weighted by atomic mass is 16.5. The van der Waals surface area contributed by atoms with Crippen LogP contribution in [0.25, 0.3) is 0 Å². The van der Waals surface area contributed by atoms with Crippen molar-refractivity contribution in [3.05, 3.63) is 59.1 Å². The number of benzene rings is 1. The van der Waals surface area contributed by atoms with Crippen LogP contribution in [0.15, 0.2) is 35.1 Å². The van der Waals surface area contributed by atoms with Crippen molar-refractivity contribution >= 4 is 5.82 Å². The number of aromatic nitrogens is 4. The van der Waals surface area contributed by atoms with E-state index in [9.17, 15) is 0 Å². The van der Waals surface area contributed by atoms with Crippen molar-refractivity contribution in [2.45, 2.75) is 38.7 Å². The molecule has 4 heterocycles. The van der Waals surface area contributed by atoms with Gasteiger partial charge in [-0.3, -0.25) is 0 Å². The first-order valence-electron chi connectivity index (χ1n) is 9.36. The minimum atomic E-state index is 0.260. The van der Waals surface area contributed by atoms with Crippen molar-refractivity contribution in [3.63, 3.8) is 0 Å². The topological polar surface area (TPSA) is 77.2 Å². The van der Waals surface area contributed by atoms with E-state index >= 15 is 0 Å². The Morgan fingerprint density at radius 3 is 3.00 bits per heavy atom. The van der Waals surface area contributed by atoms with E-state index in [1.54, 1.807) is 6.33 Å². The summed E-state index contributed by atoms with van der Waals surface area (Å²) in [6.07, 6.45) is 4.57. The van der Waals surface area contributed by atoms with Crippen LogP contribution in [0.3, 0.4) is 0 Å². The number of piperidine rings is 1. The molecule has 0 N–H and O–H groups in total. The number of nitrogens with zero attached hydrogens (tertiary/aromatic N) is 5. The van der Waals surface area contributed by atoms with E-state index in [1.807, 2.05) is 25.1 Å². The highest BCUT2D eigenvalue weighted by molar-refractivity contribution is 5.54. The smallest absolute Gasteiger partial charge is 0.223 e. The Kier molecular flexibility index (Phi) is 3.99. The van der Waals surface area contributed by atoms with Crippen LogP contribution >= 0.6 is 0 Å². The number of aryl methyl sites for hydroxylation is 1. The zero-order valence-electron chi connectivity index (χ0n) is 15.3. The summed E-state index contributed by atoms with van der Waals surface area (Å²) >= 11 is 0. The van der Waals surface area contributed by atoms with Gasteiger partial charge in [0, 0.05) is 37.9 Å². The first kappa shape index (κ1) is 16.2. The lowest BCUT2D eigenvalue weighted by Crippen LogP contribution is -2.36. The number of anilines is 1. The van der Waals surface area contributed by atoms with Gasteiger partial charge in [0.15, 0.2) is 5.82 Å². The summed E-state index contributed by atoms with van der Waals surface area (Å²) in [5.74, 6) is 3.61. The third-order valence-electron chi connectivity index (χ3n) is 5.35. The van der Waals surface area contributed by atoms with Crippen LogP contribution in [0, 0.1) is 6.92 Å². The highest BCUT2D eigenvalue weighted by Gasteiger charge is 2.29. The molecule has 5 rings (SSSR count). The van der Waals surface area contributed by atoms with Crippen molar-refractivity contribution in [2.75, 3.05) is 18.0 Å². The minimum absolute atomic E-state index is 0.260. The third kappa shape index (κ3) is 3.03. The second kappa shape index (κ2) is 6.64. The maximum Gasteiger partial charge on any atom is 0.223 e. The average Bonchev–Trinajstić information content (AvgIpc) is 3.05. The molecule has 27 heavy (non-hydrogen) atoms. The van der Waals surface area contributed by atoms with Gasteiger partial charge in [-0.15, -0.1) is 0 Å². The molecular formula is C20H21N5O2. The molecule has 3 aromatic rings. The summed E-state index contributed by atoms with van der Waals surface area (Å²) in [6.45, 7) is 4.12. The predicted molar refractivity (Wildman–Crippen MR) is 98.8 cm³/mol. The summed E-state index contributed by atoms with van der Waals surface area (Å²) < 4.78 is 11.2. The number of fused-ring (bicyclic) bond motifs is 2. The van der Waals surface area contributed by atoms with Crippen LogP contribution < -0.4 is 9.64 Å². The van der Waals surface area contributed by atoms with E-state index in [2.05, 4.69) is 31.1 Å². The molecule has 1 saturated heterocycles. The fraction of sp³-hybridized carbons (Fsp3) is 0.400. The van der Waals surface area contributed by atoms with Crippen molar-refractivity contribution in [2.24, 2.45) is 0 Å². The summed E-state index contributed by atoms with van der Waals surface area (Å²) in [4.78, 5) is 15.9. The molecule has 0 bridgehead atoms. The number of hydrogen-bond donors (Lipinski definition) is 0. The molecule has 0 spiro atoms. The molecule has 0 unspecified atom stereocenters. The van der Waals surface area contributed by atoms with Gasteiger partial charge in [0.25, 0.3) is 0 Å². The van der Waals surface area contributed by atoms with Gasteiger partial charge < -0.3 is 14.2 Å². The molecule has 7 nitrogen and oxygen atoms in total. The Morgan fingerprint density at radius 2 is 2.11 bits per heavy atom. The van der Waals surface area contributed by atoms with Crippen molar-refractivity contribution in [3.8, 4) is 5.75 Å². The molecule has 1 atom stereocenters. The lowest BCUT2D eigenvalue weighted by molar-refractivity contribution is 0.302. The van der Waals surface area contributed by atoms with E-state index in [0.717, 1.165) is 61.0 Å². The standard InChI is InChI=1S/C20H21N5O2/c1-13-23-19(24-27-13)15-6-4-8-25(10-15)20-16-9-14-5-2-3-7-18(14)26-11-17(16)21-12-22-20/h2-3,5,7,12,15H,4,6,8-11H2,1H3/t15-/m0/s1. The van der Waals surface area contributed by atoms with Crippen LogP contribution in [0.2, 0.25) is 0 Å². The monoisotopic (exact) mass is 363 g/mol. The van der Waals surface area contributed by atoms with Gasteiger partial charge in [-0.2, -0.15) is 4.98 Å². The normalized spacial score (nSPS) is 19.0. The SMILES string of the molecule is Cc1nc([C@H]2CCCN(c3ncnc4c3Cc3ccccc3OC4)C2)no1. The van der Waals surface area contributed by atoms with Crippen LogP contribution in [0.5, 0.6) is 5.75 Å². The molecular weight excluding hydrogens is 342 g/mol. The van der Waals surface area contributed by atoms with E-state index < -0.39 is 0 Å². The van der Waals surface area contributed by atoms with Crippen LogP contribution in [0.4, 0.5) is 5.82 Å². The zero-order chi connectivity index (χ0) is 18.2. The Balaban J connectivity index is 1.48. The van der Waals surface area contributed by atoms with Crippen molar-refractivity contribution in [1.82, 2.24) is 20.1 Å². The molecule has 0 amide bonds. The molecule has 1 aromatic carbocycles. The predicted octanol–water partition coefficient (Wildman–Crippen LogP) is 3.04. The fourth-order valence-electron chi connectivity index (χ4n) is 4.00. The Bertz CT molecular complexity index is 971. The fourth-order valence-corrected chi connectivity index (χ4v) is 4.00. The number of hydrogen-bond acceptors (Lipinski definition) is 7. The van der Waals surface area contributed by atoms with Gasteiger partial charge in [0.1, 0.15) is 24.5 Å². The quantitative estimate of drug-likeness (QED) is 0.692. The molecule has 1 fully saturated rings. The minimum Gasteiger partial charge on any atom is -0.487 e. The van der Waals surface area contributed by atoms with Gasteiger partial charge >= 0.3 is 0 Å². The maximum atomic E-state index is 5.97. The third-order valence-corrected chi connectivity index (χ3v) is 5.35. The van der Waals surface area contributed by atoms with Gasteiger partial charge in [0.05, 0.1) is 5.69 Å². The molecule has 7 heteroatoms. The number of para-hydroxylation sites is 1. The lowest BCUT2D eigenvalue weighted by atomic mass is 9.96.